The van der Waals surface area contributed by atoms with Crippen LogP contribution in [0.15, 0.2) is 36.9 Å². The molecule has 1 aromatic carbocycles. The van der Waals surface area contributed by atoms with Gasteiger partial charge in [-0.3, -0.25) is 0 Å². The number of methoxy groups -OCH3 is 1. The number of rotatable bonds is 7. The molecule has 7 nitrogen and oxygen atoms in total. The Bertz CT molecular complexity index is 724. The third kappa shape index (κ3) is 4.58. The zero-order valence-electron chi connectivity index (χ0n) is 14.0. The van der Waals surface area contributed by atoms with E-state index in [0.717, 1.165) is 5.56 Å². The zero-order valence-corrected chi connectivity index (χ0v) is 14.0. The minimum Gasteiger partial charge on any atom is -0.493 e. The number of aromatic nitrogens is 2. The minimum atomic E-state index is -0.426. The molecule has 128 valence electrons. The van der Waals surface area contributed by atoms with Gasteiger partial charge in [-0.2, -0.15) is 4.57 Å². The minimum absolute atomic E-state index is 0.0472. The Hall–Kier alpha value is -2.83. The van der Waals surface area contributed by atoms with E-state index in [1.165, 1.54) is 18.6 Å². The number of esters is 1. The predicted octanol–water partition coefficient (Wildman–Crippen LogP) is 1.43. The second-order valence-electron chi connectivity index (χ2n) is 5.09. The van der Waals surface area contributed by atoms with Gasteiger partial charge < -0.3 is 14.2 Å². The van der Waals surface area contributed by atoms with Crippen molar-refractivity contribution in [3.8, 4) is 11.5 Å². The molecular weight excluding hydrogens is 312 g/mol. The van der Waals surface area contributed by atoms with Gasteiger partial charge >= 0.3 is 11.9 Å². The molecule has 0 fully saturated rings. The maximum Gasteiger partial charge on any atom is 0.344 e. The molecule has 0 spiro atoms. The molecule has 0 amide bonds. The molecule has 1 aromatic heterocycles. The normalized spacial score (nSPS) is 10.3. The summed E-state index contributed by atoms with van der Waals surface area (Å²) in [7, 11) is 1.54. The van der Waals surface area contributed by atoms with Crippen LogP contribution < -0.4 is 14.0 Å². The third-order valence-corrected chi connectivity index (χ3v) is 3.30. The molecule has 0 bridgehead atoms. The first-order valence-corrected chi connectivity index (χ1v) is 7.56. The number of hydrogen-bond donors (Lipinski definition) is 0. The Balaban J connectivity index is 2.07. The van der Waals surface area contributed by atoms with E-state index in [-0.39, 0.29) is 12.5 Å². The van der Waals surface area contributed by atoms with Crippen molar-refractivity contribution in [2.24, 2.45) is 0 Å². The quantitative estimate of drug-likeness (QED) is 0.566. The number of hydrogen-bond acceptors (Lipinski definition) is 5. The van der Waals surface area contributed by atoms with Crippen molar-refractivity contribution in [3.05, 3.63) is 42.5 Å². The van der Waals surface area contributed by atoms with Crippen LogP contribution in [0.25, 0.3) is 0 Å². The molecule has 2 rings (SSSR count). The van der Waals surface area contributed by atoms with Gasteiger partial charge in [0, 0.05) is 6.92 Å². The molecule has 1 heterocycles. The Morgan fingerprint density at radius 2 is 2.04 bits per heavy atom. The zero-order chi connectivity index (χ0) is 17.5. The number of carbonyl (C=O) groups is 2. The molecular formula is C17H21N2O5+. The number of benzene rings is 1. The summed E-state index contributed by atoms with van der Waals surface area (Å²) in [4.78, 5) is 22.7. The molecule has 24 heavy (non-hydrogen) atoms. The monoisotopic (exact) mass is 333 g/mol. The molecule has 0 unspecified atom stereocenters. The summed E-state index contributed by atoms with van der Waals surface area (Å²) in [6.07, 6.45) is 5.25. The molecule has 0 N–H and O–H groups in total. The predicted molar refractivity (Wildman–Crippen MR) is 85.2 cm³/mol. The molecule has 0 radical (unpaired) electrons. The highest BCUT2D eigenvalue weighted by Crippen LogP contribution is 2.28. The van der Waals surface area contributed by atoms with Crippen LogP contribution >= 0.6 is 0 Å². The fourth-order valence-electron chi connectivity index (χ4n) is 2.15. The summed E-state index contributed by atoms with van der Waals surface area (Å²) in [5.74, 6) is 0.530. The lowest BCUT2D eigenvalue weighted by molar-refractivity contribution is -0.687. The number of ether oxygens (including phenoxy) is 3. The van der Waals surface area contributed by atoms with Crippen molar-refractivity contribution in [2.45, 2.75) is 20.4 Å². The summed E-state index contributed by atoms with van der Waals surface area (Å²) in [5, 5.41) is 0. The lowest BCUT2D eigenvalue weighted by atomic mass is 10.2. The molecule has 0 atom stereocenters. The molecule has 0 saturated carbocycles. The van der Waals surface area contributed by atoms with Crippen LogP contribution in [-0.4, -0.2) is 36.8 Å². The first-order valence-electron chi connectivity index (χ1n) is 7.56. The smallest absolute Gasteiger partial charge is 0.344 e. The summed E-state index contributed by atoms with van der Waals surface area (Å²) in [6, 6.07) is 5.45. The topological polar surface area (TPSA) is 70.6 Å². The number of nitrogens with zero attached hydrogens (tertiary/aromatic N) is 2. The highest BCUT2D eigenvalue weighted by atomic mass is 16.6. The third-order valence-electron chi connectivity index (χ3n) is 3.30. The highest BCUT2D eigenvalue weighted by molar-refractivity contribution is 5.75. The van der Waals surface area contributed by atoms with Crippen LogP contribution in [0.4, 0.5) is 0 Å². The van der Waals surface area contributed by atoms with E-state index in [1.807, 2.05) is 22.9 Å². The van der Waals surface area contributed by atoms with Gasteiger partial charge in [0.1, 0.15) is 18.9 Å². The largest absolute Gasteiger partial charge is 0.493 e. The number of carbonyl (C=O) groups excluding carboxylic acids is 2. The van der Waals surface area contributed by atoms with Crippen LogP contribution in [0, 0.1) is 0 Å². The highest BCUT2D eigenvalue weighted by Gasteiger charge is 2.12. The van der Waals surface area contributed by atoms with E-state index in [9.17, 15) is 9.59 Å². The maximum absolute atomic E-state index is 11.4. The summed E-state index contributed by atoms with van der Waals surface area (Å²) in [5.41, 5.74) is 0.974. The van der Waals surface area contributed by atoms with Crippen molar-refractivity contribution in [3.63, 3.8) is 0 Å². The van der Waals surface area contributed by atoms with Crippen LogP contribution in [0.5, 0.6) is 11.5 Å². The first-order chi connectivity index (χ1) is 11.5. The first kappa shape index (κ1) is 17.5. The Morgan fingerprint density at radius 1 is 1.25 bits per heavy atom. The second kappa shape index (κ2) is 8.14. The van der Waals surface area contributed by atoms with Crippen LogP contribution in [0.2, 0.25) is 0 Å². The van der Waals surface area contributed by atoms with Crippen LogP contribution in [0.3, 0.4) is 0 Å². The molecule has 2 aromatic rings. The molecule has 0 aliphatic carbocycles. The van der Waals surface area contributed by atoms with Crippen molar-refractivity contribution < 1.29 is 28.4 Å². The molecule has 7 heteroatoms. The van der Waals surface area contributed by atoms with Crippen LogP contribution in [0.1, 0.15) is 24.2 Å². The fourth-order valence-corrected chi connectivity index (χ4v) is 2.15. The van der Waals surface area contributed by atoms with Crippen molar-refractivity contribution in [1.82, 2.24) is 4.57 Å². The average Bonchev–Trinajstić information content (AvgIpc) is 3.02. The van der Waals surface area contributed by atoms with E-state index in [2.05, 4.69) is 0 Å². The average molecular weight is 333 g/mol. The van der Waals surface area contributed by atoms with E-state index in [0.29, 0.717) is 24.7 Å². The summed E-state index contributed by atoms with van der Waals surface area (Å²) < 4.78 is 19.0. The summed E-state index contributed by atoms with van der Waals surface area (Å²) in [6.45, 7) is 3.97. The van der Waals surface area contributed by atoms with Gasteiger partial charge in [0.15, 0.2) is 18.1 Å². The van der Waals surface area contributed by atoms with Gasteiger partial charge in [-0.1, -0.05) is 6.07 Å². The fraction of sp³-hybridized carbons (Fsp3) is 0.353. The Kier molecular flexibility index (Phi) is 5.95. The molecule has 0 aliphatic heterocycles. The molecule has 0 saturated heterocycles. The van der Waals surface area contributed by atoms with Crippen LogP contribution in [-0.2, 0) is 16.1 Å². The lowest BCUT2D eigenvalue weighted by Crippen LogP contribution is -2.31. The Labute approximate surface area is 140 Å². The lowest BCUT2D eigenvalue weighted by Gasteiger charge is -2.11. The maximum atomic E-state index is 11.4. The van der Waals surface area contributed by atoms with E-state index in [4.69, 9.17) is 14.2 Å². The standard InChI is InChI=1S/C17H21N2O5/c1-4-23-17(21)11-24-15-6-5-14(9-16(15)22-3)10-18-7-8-19(12-18)13(2)20/h5-9,12H,4,10-11H2,1-3H3/q+1. The van der Waals surface area contributed by atoms with E-state index < -0.39 is 5.97 Å². The molecule has 0 aliphatic rings. The van der Waals surface area contributed by atoms with Gasteiger partial charge in [0.2, 0.25) is 0 Å². The van der Waals surface area contributed by atoms with Crippen molar-refractivity contribution >= 4 is 11.9 Å². The van der Waals surface area contributed by atoms with Crippen molar-refractivity contribution in [2.75, 3.05) is 20.3 Å². The van der Waals surface area contributed by atoms with Crippen molar-refractivity contribution in [1.29, 1.82) is 0 Å². The van der Waals surface area contributed by atoms with Gasteiger partial charge in [-0.05, 0) is 24.6 Å². The van der Waals surface area contributed by atoms with Gasteiger partial charge in [-0.25, -0.2) is 14.2 Å². The number of imidazole rings is 1. The van der Waals surface area contributed by atoms with Gasteiger partial charge in [0.25, 0.3) is 6.33 Å². The van der Waals surface area contributed by atoms with E-state index >= 15 is 0 Å². The SMILES string of the molecule is CCOC(=O)COc1ccc(C[n+]2ccn(C(C)=O)c2)cc1OC. The Morgan fingerprint density at radius 3 is 2.67 bits per heavy atom. The van der Waals surface area contributed by atoms with Gasteiger partial charge in [-0.15, -0.1) is 0 Å². The van der Waals surface area contributed by atoms with E-state index in [1.54, 1.807) is 25.5 Å². The van der Waals surface area contributed by atoms with Gasteiger partial charge in [0.05, 0.1) is 13.7 Å². The summed E-state index contributed by atoms with van der Waals surface area (Å²) >= 11 is 0. The second-order valence-corrected chi connectivity index (χ2v) is 5.09.